The molecule has 4 nitrogen and oxygen atoms in total. The van der Waals surface area contributed by atoms with Gasteiger partial charge in [0.15, 0.2) is 0 Å². The number of aromatic nitrogens is 2. The summed E-state index contributed by atoms with van der Waals surface area (Å²) in [4.78, 5) is 9.05. The topological polar surface area (TPSA) is 47.0 Å². The van der Waals surface area contributed by atoms with Gasteiger partial charge in [0, 0.05) is 24.0 Å². The molecule has 3 rings (SSSR count). The first-order chi connectivity index (χ1) is 10.2. The minimum Gasteiger partial charge on any atom is -0.485 e. The molecule has 0 atom stereocenters. The molecule has 1 fully saturated rings. The third-order valence-corrected chi connectivity index (χ3v) is 3.53. The molecule has 2 heterocycles. The van der Waals surface area contributed by atoms with E-state index < -0.39 is 0 Å². The first-order valence-electron chi connectivity index (χ1n) is 7.46. The molecule has 0 radical (unpaired) electrons. The van der Waals surface area contributed by atoms with Gasteiger partial charge < -0.3 is 10.1 Å². The van der Waals surface area contributed by atoms with Gasteiger partial charge in [-0.2, -0.15) is 0 Å². The van der Waals surface area contributed by atoms with Gasteiger partial charge in [0.05, 0.1) is 11.4 Å². The van der Waals surface area contributed by atoms with Crippen molar-refractivity contribution in [1.82, 2.24) is 15.3 Å². The lowest BCUT2D eigenvalue weighted by molar-refractivity contribution is 0.295. The highest BCUT2D eigenvalue weighted by molar-refractivity contribution is 5.29. The van der Waals surface area contributed by atoms with Crippen LogP contribution in [-0.2, 0) is 13.2 Å². The monoisotopic (exact) mass is 283 g/mol. The van der Waals surface area contributed by atoms with Crippen LogP contribution >= 0.6 is 0 Å². The molecule has 4 heteroatoms. The lowest BCUT2D eigenvalue weighted by Crippen LogP contribution is -2.17. The molecule has 0 aromatic carbocycles. The van der Waals surface area contributed by atoms with Crippen LogP contribution in [-0.4, -0.2) is 16.0 Å². The molecule has 2 aromatic rings. The quantitative estimate of drug-likeness (QED) is 0.885. The van der Waals surface area contributed by atoms with Crippen LogP contribution in [0.15, 0.2) is 30.3 Å². The Hall–Kier alpha value is -1.94. The van der Waals surface area contributed by atoms with Crippen LogP contribution in [0.2, 0.25) is 0 Å². The van der Waals surface area contributed by atoms with E-state index >= 15 is 0 Å². The molecule has 0 aliphatic heterocycles. The first-order valence-corrected chi connectivity index (χ1v) is 7.46. The van der Waals surface area contributed by atoms with Crippen molar-refractivity contribution in [2.24, 2.45) is 0 Å². The summed E-state index contributed by atoms with van der Waals surface area (Å²) in [5.74, 6) is 0.844. The van der Waals surface area contributed by atoms with Crippen molar-refractivity contribution in [3.05, 3.63) is 53.1 Å². The summed E-state index contributed by atoms with van der Waals surface area (Å²) in [7, 11) is 0. The highest BCUT2D eigenvalue weighted by atomic mass is 16.5. The summed E-state index contributed by atoms with van der Waals surface area (Å²) in [6, 6.07) is 10.6. The molecular weight excluding hydrogens is 262 g/mol. The van der Waals surface area contributed by atoms with Gasteiger partial charge in [0.2, 0.25) is 0 Å². The molecule has 0 bridgehead atoms. The normalized spacial score (nSPS) is 14.2. The van der Waals surface area contributed by atoms with Crippen LogP contribution in [0.5, 0.6) is 5.75 Å². The molecule has 1 saturated carbocycles. The Morgan fingerprint density at radius 1 is 1.10 bits per heavy atom. The maximum Gasteiger partial charge on any atom is 0.142 e. The molecule has 0 spiro atoms. The fourth-order valence-corrected chi connectivity index (χ4v) is 2.22. The number of ether oxygens (including phenoxy) is 1. The number of hydrogen-bond donors (Lipinski definition) is 1. The van der Waals surface area contributed by atoms with Gasteiger partial charge in [0.1, 0.15) is 12.4 Å². The van der Waals surface area contributed by atoms with Crippen LogP contribution in [0.1, 0.15) is 35.6 Å². The van der Waals surface area contributed by atoms with Crippen molar-refractivity contribution in [3.63, 3.8) is 0 Å². The van der Waals surface area contributed by atoms with Gasteiger partial charge in [-0.25, -0.2) is 0 Å². The Bertz CT molecular complexity index is 623. The zero-order valence-electron chi connectivity index (χ0n) is 12.6. The Kier molecular flexibility index (Phi) is 4.15. The molecule has 0 saturated heterocycles. The minimum absolute atomic E-state index is 0.475. The van der Waals surface area contributed by atoms with Gasteiger partial charge in [0.25, 0.3) is 0 Å². The summed E-state index contributed by atoms with van der Waals surface area (Å²) in [6.07, 6.45) is 2.55. The van der Waals surface area contributed by atoms with Gasteiger partial charge in [-0.3, -0.25) is 9.97 Å². The Morgan fingerprint density at radius 2 is 1.90 bits per heavy atom. The van der Waals surface area contributed by atoms with Crippen LogP contribution in [0.25, 0.3) is 0 Å². The van der Waals surface area contributed by atoms with E-state index in [1.54, 1.807) is 0 Å². The van der Waals surface area contributed by atoms with Crippen LogP contribution in [0, 0.1) is 13.8 Å². The van der Waals surface area contributed by atoms with E-state index in [9.17, 15) is 0 Å². The number of aryl methyl sites for hydroxylation is 2. The lowest BCUT2D eigenvalue weighted by Gasteiger charge is -2.12. The predicted octanol–water partition coefficient (Wildman–Crippen LogP) is 2.92. The summed E-state index contributed by atoms with van der Waals surface area (Å²) in [5, 5.41) is 3.49. The van der Waals surface area contributed by atoms with E-state index in [-0.39, 0.29) is 0 Å². The maximum atomic E-state index is 5.92. The smallest absolute Gasteiger partial charge is 0.142 e. The molecule has 1 aliphatic carbocycles. The van der Waals surface area contributed by atoms with Gasteiger partial charge in [-0.05, 0) is 51.0 Å². The van der Waals surface area contributed by atoms with E-state index in [0.29, 0.717) is 12.6 Å². The molecule has 21 heavy (non-hydrogen) atoms. The third-order valence-electron chi connectivity index (χ3n) is 3.53. The second-order valence-electron chi connectivity index (χ2n) is 5.61. The highest BCUT2D eigenvalue weighted by Gasteiger charge is 2.21. The fraction of sp³-hybridized carbons (Fsp3) is 0.412. The highest BCUT2D eigenvalue weighted by Crippen LogP contribution is 2.22. The average Bonchev–Trinajstić information content (AvgIpc) is 3.28. The zero-order chi connectivity index (χ0) is 14.7. The molecule has 2 aromatic heterocycles. The van der Waals surface area contributed by atoms with Crippen molar-refractivity contribution >= 4 is 0 Å². The van der Waals surface area contributed by atoms with E-state index in [1.165, 1.54) is 12.8 Å². The number of nitrogens with one attached hydrogen (secondary N) is 1. The number of nitrogens with zero attached hydrogens (tertiary/aromatic N) is 2. The van der Waals surface area contributed by atoms with Crippen molar-refractivity contribution in [1.29, 1.82) is 0 Å². The third kappa shape index (κ3) is 4.02. The molecular formula is C17H21N3O. The molecule has 0 unspecified atom stereocenters. The summed E-state index contributed by atoms with van der Waals surface area (Å²) in [5.41, 5.74) is 3.95. The average molecular weight is 283 g/mol. The fourth-order valence-electron chi connectivity index (χ4n) is 2.22. The predicted molar refractivity (Wildman–Crippen MR) is 82.1 cm³/mol. The molecule has 0 amide bonds. The van der Waals surface area contributed by atoms with E-state index in [0.717, 1.165) is 35.1 Å². The number of pyridine rings is 2. The first kappa shape index (κ1) is 14.0. The largest absolute Gasteiger partial charge is 0.485 e. The van der Waals surface area contributed by atoms with Crippen molar-refractivity contribution < 1.29 is 4.74 Å². The van der Waals surface area contributed by atoms with Crippen molar-refractivity contribution in [3.8, 4) is 5.75 Å². The standard InChI is InChI=1S/C17H21N3O/c1-12-4-3-5-15(19-12)11-21-17-9-6-13(2)20-16(17)10-18-14-7-8-14/h3-6,9,14,18H,7-8,10-11H2,1-2H3. The van der Waals surface area contributed by atoms with Gasteiger partial charge in [-0.15, -0.1) is 0 Å². The summed E-state index contributed by atoms with van der Waals surface area (Å²) in [6.45, 7) is 5.24. The van der Waals surface area contributed by atoms with E-state index in [4.69, 9.17) is 4.74 Å². The van der Waals surface area contributed by atoms with Crippen molar-refractivity contribution in [2.45, 2.75) is 45.9 Å². The molecule has 1 N–H and O–H groups in total. The number of rotatable bonds is 6. The van der Waals surface area contributed by atoms with E-state index in [1.807, 2.05) is 44.2 Å². The van der Waals surface area contributed by atoms with Crippen LogP contribution < -0.4 is 10.1 Å². The van der Waals surface area contributed by atoms with Gasteiger partial charge in [-0.1, -0.05) is 6.07 Å². The van der Waals surface area contributed by atoms with E-state index in [2.05, 4.69) is 15.3 Å². The Morgan fingerprint density at radius 3 is 2.67 bits per heavy atom. The minimum atomic E-state index is 0.475. The zero-order valence-corrected chi connectivity index (χ0v) is 12.6. The second kappa shape index (κ2) is 6.22. The summed E-state index contributed by atoms with van der Waals surface area (Å²) < 4.78 is 5.92. The summed E-state index contributed by atoms with van der Waals surface area (Å²) >= 11 is 0. The molecule has 1 aliphatic rings. The van der Waals surface area contributed by atoms with Gasteiger partial charge >= 0.3 is 0 Å². The second-order valence-corrected chi connectivity index (χ2v) is 5.61. The van der Waals surface area contributed by atoms with Crippen molar-refractivity contribution in [2.75, 3.05) is 0 Å². The lowest BCUT2D eigenvalue weighted by atomic mass is 10.2. The SMILES string of the molecule is Cc1cccc(COc2ccc(C)nc2CNC2CC2)n1. The van der Waals surface area contributed by atoms with Crippen LogP contribution in [0.3, 0.4) is 0 Å². The number of hydrogen-bond acceptors (Lipinski definition) is 4. The maximum absolute atomic E-state index is 5.92. The Balaban J connectivity index is 1.68. The molecule has 110 valence electrons. The Labute approximate surface area is 125 Å². The van der Waals surface area contributed by atoms with Crippen LogP contribution in [0.4, 0.5) is 0 Å².